The first-order valence-corrected chi connectivity index (χ1v) is 11.1. The molecule has 3 unspecified atom stereocenters. The highest BCUT2D eigenvalue weighted by atomic mass is 127. The van der Waals surface area contributed by atoms with Crippen LogP contribution in [0.15, 0.2) is 29.3 Å². The van der Waals surface area contributed by atoms with E-state index >= 15 is 0 Å². The molecule has 0 bridgehead atoms. The third-order valence-electron chi connectivity index (χ3n) is 5.47. The molecule has 1 saturated heterocycles. The summed E-state index contributed by atoms with van der Waals surface area (Å²) in [7, 11) is 1.81. The summed E-state index contributed by atoms with van der Waals surface area (Å²) in [6.07, 6.45) is 5.81. The number of morpholine rings is 1. The summed E-state index contributed by atoms with van der Waals surface area (Å²) in [5, 5.41) is 7.78. The van der Waals surface area contributed by atoms with Crippen LogP contribution < -0.4 is 10.6 Å². The summed E-state index contributed by atoms with van der Waals surface area (Å²) in [5.41, 5.74) is 0.989. The highest BCUT2D eigenvalue weighted by Crippen LogP contribution is 2.28. The van der Waals surface area contributed by atoms with E-state index in [1.807, 2.05) is 24.9 Å². The second-order valence-corrected chi connectivity index (χ2v) is 8.32. The van der Waals surface area contributed by atoms with Crippen LogP contribution in [0, 0.1) is 5.82 Å². The Hall–Kier alpha value is -0.580. The quantitative estimate of drug-likeness (QED) is 0.342. The lowest BCUT2D eigenvalue weighted by Crippen LogP contribution is -2.48. The molecule has 3 atom stereocenters. The second kappa shape index (κ2) is 12.2. The Morgan fingerprint density at radius 2 is 2.14 bits per heavy atom. The Balaban J connectivity index is 0.00000280. The van der Waals surface area contributed by atoms with Gasteiger partial charge in [0.2, 0.25) is 0 Å². The van der Waals surface area contributed by atoms with Crippen LogP contribution in [0.4, 0.5) is 4.39 Å². The zero-order valence-electron chi connectivity index (χ0n) is 16.7. The number of nitrogens with one attached hydrogen (secondary N) is 2. The smallest absolute Gasteiger partial charge is 0.191 e. The fourth-order valence-corrected chi connectivity index (χ4v) is 4.72. The highest BCUT2D eigenvalue weighted by Gasteiger charge is 2.26. The van der Waals surface area contributed by atoms with E-state index < -0.39 is 0 Å². The van der Waals surface area contributed by atoms with E-state index in [4.69, 9.17) is 4.74 Å². The molecule has 1 saturated carbocycles. The van der Waals surface area contributed by atoms with Gasteiger partial charge in [-0.05, 0) is 43.2 Å². The van der Waals surface area contributed by atoms with Crippen molar-refractivity contribution in [1.82, 2.24) is 15.5 Å². The van der Waals surface area contributed by atoms with Crippen LogP contribution in [-0.2, 0) is 4.74 Å². The maximum absolute atomic E-state index is 13.8. The lowest BCUT2D eigenvalue weighted by molar-refractivity contribution is 0.0169. The number of ether oxygens (including phenoxy) is 1. The third kappa shape index (κ3) is 6.74. The summed E-state index contributed by atoms with van der Waals surface area (Å²) in [4.78, 5) is 6.76. The summed E-state index contributed by atoms with van der Waals surface area (Å²) < 4.78 is 19.3. The van der Waals surface area contributed by atoms with E-state index in [0.717, 1.165) is 43.1 Å². The molecule has 2 fully saturated rings. The number of halogens is 2. The summed E-state index contributed by atoms with van der Waals surface area (Å²) >= 11 is 1.95. The van der Waals surface area contributed by atoms with Crippen molar-refractivity contribution < 1.29 is 9.13 Å². The molecule has 1 aromatic carbocycles. The zero-order valence-corrected chi connectivity index (χ0v) is 19.8. The standard InChI is InChI=1S/C20H31FN4OS.HI/c1-22-20(24-17-6-7-18(13-17)27-2)23-14-19(25-8-10-26-11-9-25)15-4-3-5-16(21)12-15;/h3-5,12,17-19H,6-11,13-14H2,1-2H3,(H2,22,23,24);1H. The molecule has 0 aromatic heterocycles. The number of thioether (sulfide) groups is 1. The van der Waals surface area contributed by atoms with Gasteiger partial charge < -0.3 is 15.4 Å². The molecule has 1 aliphatic heterocycles. The first-order valence-electron chi connectivity index (χ1n) is 9.77. The van der Waals surface area contributed by atoms with E-state index in [9.17, 15) is 4.39 Å². The summed E-state index contributed by atoms with van der Waals surface area (Å²) in [6, 6.07) is 7.48. The van der Waals surface area contributed by atoms with Crippen molar-refractivity contribution in [2.24, 2.45) is 4.99 Å². The number of aliphatic imine (C=N–C) groups is 1. The number of hydrogen-bond donors (Lipinski definition) is 2. The average molecular weight is 522 g/mol. The average Bonchev–Trinajstić information content (AvgIpc) is 3.16. The van der Waals surface area contributed by atoms with Crippen molar-refractivity contribution in [1.29, 1.82) is 0 Å². The van der Waals surface area contributed by atoms with Gasteiger partial charge in [0.15, 0.2) is 5.96 Å². The number of benzene rings is 1. The van der Waals surface area contributed by atoms with Crippen LogP contribution in [0.1, 0.15) is 30.9 Å². The van der Waals surface area contributed by atoms with Crippen molar-refractivity contribution in [2.75, 3.05) is 46.2 Å². The Kier molecular flexibility index (Phi) is 10.3. The van der Waals surface area contributed by atoms with Gasteiger partial charge in [-0.2, -0.15) is 11.8 Å². The minimum absolute atomic E-state index is 0. The van der Waals surface area contributed by atoms with Crippen LogP contribution in [0.2, 0.25) is 0 Å². The fourth-order valence-electron chi connectivity index (χ4n) is 3.93. The van der Waals surface area contributed by atoms with Gasteiger partial charge in [0.05, 0.1) is 19.3 Å². The third-order valence-corrected chi connectivity index (χ3v) is 6.56. The maximum Gasteiger partial charge on any atom is 0.191 e. The van der Waals surface area contributed by atoms with Gasteiger partial charge in [-0.25, -0.2) is 4.39 Å². The molecule has 1 heterocycles. The zero-order chi connectivity index (χ0) is 19.1. The fraction of sp³-hybridized carbons (Fsp3) is 0.650. The van der Waals surface area contributed by atoms with Crippen LogP contribution in [0.25, 0.3) is 0 Å². The molecule has 5 nitrogen and oxygen atoms in total. The Morgan fingerprint density at radius 3 is 2.79 bits per heavy atom. The second-order valence-electron chi connectivity index (χ2n) is 7.18. The van der Waals surface area contributed by atoms with Crippen molar-refractivity contribution >= 4 is 41.7 Å². The minimum Gasteiger partial charge on any atom is -0.379 e. The molecule has 1 aliphatic carbocycles. The number of rotatable bonds is 6. The molecule has 8 heteroatoms. The largest absolute Gasteiger partial charge is 0.379 e. The lowest BCUT2D eigenvalue weighted by atomic mass is 10.0. The van der Waals surface area contributed by atoms with Gasteiger partial charge in [-0.15, -0.1) is 24.0 Å². The topological polar surface area (TPSA) is 48.9 Å². The van der Waals surface area contributed by atoms with Crippen molar-refractivity contribution in [2.45, 2.75) is 36.6 Å². The van der Waals surface area contributed by atoms with Crippen LogP contribution in [-0.4, -0.2) is 68.3 Å². The maximum atomic E-state index is 13.8. The molecule has 0 radical (unpaired) electrons. The van der Waals surface area contributed by atoms with E-state index in [0.29, 0.717) is 12.6 Å². The van der Waals surface area contributed by atoms with Gasteiger partial charge in [-0.3, -0.25) is 9.89 Å². The molecule has 3 rings (SSSR count). The molecule has 0 spiro atoms. The highest BCUT2D eigenvalue weighted by molar-refractivity contribution is 14.0. The van der Waals surface area contributed by atoms with Crippen molar-refractivity contribution in [3.63, 3.8) is 0 Å². The predicted molar refractivity (Wildman–Crippen MR) is 126 cm³/mol. The number of guanidine groups is 1. The molecular weight excluding hydrogens is 490 g/mol. The Bertz CT molecular complexity index is 630. The molecule has 2 aliphatic rings. The molecule has 28 heavy (non-hydrogen) atoms. The van der Waals surface area contributed by atoms with E-state index in [2.05, 4.69) is 26.8 Å². The Morgan fingerprint density at radius 1 is 1.36 bits per heavy atom. The van der Waals surface area contributed by atoms with Gasteiger partial charge in [0.25, 0.3) is 0 Å². The molecule has 158 valence electrons. The van der Waals surface area contributed by atoms with E-state index in [1.165, 1.54) is 25.3 Å². The van der Waals surface area contributed by atoms with Crippen LogP contribution in [0.5, 0.6) is 0 Å². The number of nitrogens with zero attached hydrogens (tertiary/aromatic N) is 2. The first kappa shape index (κ1) is 23.7. The van der Waals surface area contributed by atoms with Gasteiger partial charge in [0, 0.05) is 38.0 Å². The molecule has 2 N–H and O–H groups in total. The SMILES string of the molecule is CN=C(NCC(c1cccc(F)c1)N1CCOCC1)NC1CCC(SC)C1.I. The predicted octanol–water partition coefficient (Wildman–Crippen LogP) is 3.27. The molecule has 1 aromatic rings. The van der Waals surface area contributed by atoms with E-state index in [-0.39, 0.29) is 35.8 Å². The van der Waals surface area contributed by atoms with Gasteiger partial charge >= 0.3 is 0 Å². The summed E-state index contributed by atoms with van der Waals surface area (Å²) in [5.74, 6) is 0.638. The van der Waals surface area contributed by atoms with Gasteiger partial charge in [-0.1, -0.05) is 12.1 Å². The van der Waals surface area contributed by atoms with Crippen LogP contribution >= 0.6 is 35.7 Å². The minimum atomic E-state index is -0.192. The van der Waals surface area contributed by atoms with Crippen LogP contribution in [0.3, 0.4) is 0 Å². The Labute approximate surface area is 189 Å². The van der Waals surface area contributed by atoms with Crippen molar-refractivity contribution in [3.8, 4) is 0 Å². The van der Waals surface area contributed by atoms with E-state index in [1.54, 1.807) is 12.1 Å². The monoisotopic (exact) mass is 522 g/mol. The van der Waals surface area contributed by atoms with Crippen molar-refractivity contribution in [3.05, 3.63) is 35.6 Å². The lowest BCUT2D eigenvalue weighted by Gasteiger charge is -2.35. The normalized spacial score (nSPS) is 24.5. The van der Waals surface area contributed by atoms with Gasteiger partial charge in [0.1, 0.15) is 5.82 Å². The molecular formula is C20H32FIN4OS. The number of hydrogen-bond acceptors (Lipinski definition) is 4. The molecule has 0 amide bonds. The first-order chi connectivity index (χ1) is 13.2. The summed E-state index contributed by atoms with van der Waals surface area (Å²) in [6.45, 7) is 3.83.